The molecule has 0 unspecified atom stereocenters. The van der Waals surface area contributed by atoms with Crippen molar-refractivity contribution in [3.05, 3.63) is 60.0 Å². The molecule has 1 fully saturated rings. The van der Waals surface area contributed by atoms with Crippen molar-refractivity contribution < 1.29 is 13.5 Å². The monoisotopic (exact) mass is 385 g/mol. The van der Waals surface area contributed by atoms with Gasteiger partial charge in [0.15, 0.2) is 11.6 Å². The zero-order valence-corrected chi connectivity index (χ0v) is 16.9. The predicted octanol–water partition coefficient (Wildman–Crippen LogP) is 7.84. The van der Waals surface area contributed by atoms with Crippen molar-refractivity contribution in [2.75, 3.05) is 6.61 Å². The molecule has 3 heteroatoms. The summed E-state index contributed by atoms with van der Waals surface area (Å²) in [6, 6.07) is 11.1. The number of ether oxygens (including phenoxy) is 1. The third-order valence-corrected chi connectivity index (χ3v) is 5.68. The number of unbranched alkanes of at least 4 members (excludes halogenated alkanes) is 4. The number of benzene rings is 2. The maximum absolute atomic E-state index is 14.6. The molecule has 1 aliphatic carbocycles. The Bertz CT molecular complexity index is 733. The van der Waals surface area contributed by atoms with Gasteiger partial charge >= 0.3 is 0 Å². The highest BCUT2D eigenvalue weighted by molar-refractivity contribution is 5.65. The van der Waals surface area contributed by atoms with E-state index in [1.165, 1.54) is 31.2 Å². The number of halogens is 2. The van der Waals surface area contributed by atoms with E-state index in [9.17, 15) is 8.78 Å². The van der Waals surface area contributed by atoms with E-state index in [0.29, 0.717) is 18.1 Å². The lowest BCUT2D eigenvalue weighted by atomic mass is 9.83. The van der Waals surface area contributed by atoms with Gasteiger partial charge in [0.05, 0.1) is 6.61 Å². The third kappa shape index (κ3) is 5.33. The van der Waals surface area contributed by atoms with E-state index in [2.05, 4.69) is 25.5 Å². The van der Waals surface area contributed by atoms with Gasteiger partial charge in [-0.3, -0.25) is 0 Å². The zero-order valence-electron chi connectivity index (χ0n) is 16.9. The van der Waals surface area contributed by atoms with Gasteiger partial charge in [0.25, 0.3) is 0 Å². The summed E-state index contributed by atoms with van der Waals surface area (Å²) in [6.45, 7) is 2.59. The molecule has 0 spiro atoms. The highest BCUT2D eigenvalue weighted by Crippen LogP contribution is 2.34. The van der Waals surface area contributed by atoms with Crippen LogP contribution in [0.15, 0.2) is 36.4 Å². The van der Waals surface area contributed by atoms with Gasteiger partial charge in [0, 0.05) is 5.56 Å². The van der Waals surface area contributed by atoms with Gasteiger partial charge in [-0.15, -0.1) is 0 Å². The smallest absolute Gasteiger partial charge is 0.201 e. The number of rotatable bonds is 9. The maximum Gasteiger partial charge on any atom is 0.201 e. The molecule has 151 valence electrons. The van der Waals surface area contributed by atoms with Crippen LogP contribution < -0.4 is 4.74 Å². The first kappa shape index (κ1) is 20.8. The normalized spacial score (nSPS) is 15.0. The average Bonchev–Trinajstić information content (AvgIpc) is 2.74. The molecular formula is C25H31F2O. The third-order valence-electron chi connectivity index (χ3n) is 5.68. The molecule has 1 nitrogen and oxygen atoms in total. The second kappa shape index (κ2) is 10.6. The van der Waals surface area contributed by atoms with Crippen molar-refractivity contribution in [1.29, 1.82) is 0 Å². The molecular weight excluding hydrogens is 354 g/mol. The lowest BCUT2D eigenvalue weighted by Gasteiger charge is -2.22. The highest BCUT2D eigenvalue weighted by Gasteiger charge is 2.18. The van der Waals surface area contributed by atoms with Crippen LogP contribution in [0.3, 0.4) is 0 Å². The minimum absolute atomic E-state index is 0.00631. The lowest BCUT2D eigenvalue weighted by molar-refractivity contribution is 0.285. The van der Waals surface area contributed by atoms with E-state index in [1.54, 1.807) is 12.1 Å². The first-order valence-electron chi connectivity index (χ1n) is 10.7. The zero-order chi connectivity index (χ0) is 19.8. The van der Waals surface area contributed by atoms with Gasteiger partial charge in [-0.2, -0.15) is 4.39 Å². The van der Waals surface area contributed by atoms with Crippen LogP contribution in [0, 0.1) is 18.1 Å². The molecule has 0 aromatic heterocycles. The Balaban J connectivity index is 1.63. The Morgan fingerprint density at radius 3 is 2.29 bits per heavy atom. The molecule has 0 bridgehead atoms. The molecule has 1 aliphatic rings. The van der Waals surface area contributed by atoms with Crippen LogP contribution in [-0.2, 0) is 0 Å². The lowest BCUT2D eigenvalue weighted by Crippen LogP contribution is -2.04. The molecule has 0 atom stereocenters. The van der Waals surface area contributed by atoms with Crippen LogP contribution in [-0.4, -0.2) is 6.61 Å². The van der Waals surface area contributed by atoms with E-state index in [0.717, 1.165) is 32.1 Å². The van der Waals surface area contributed by atoms with Crippen LogP contribution in [0.2, 0.25) is 0 Å². The first-order valence-corrected chi connectivity index (χ1v) is 10.7. The Hall–Kier alpha value is -1.90. The minimum Gasteiger partial charge on any atom is -0.490 e. The van der Waals surface area contributed by atoms with Gasteiger partial charge in [-0.05, 0) is 67.7 Å². The fourth-order valence-electron chi connectivity index (χ4n) is 3.95. The van der Waals surface area contributed by atoms with Crippen molar-refractivity contribution in [3.63, 3.8) is 0 Å². The van der Waals surface area contributed by atoms with Gasteiger partial charge < -0.3 is 4.74 Å². The second-order valence-corrected chi connectivity index (χ2v) is 7.76. The van der Waals surface area contributed by atoms with Crippen LogP contribution >= 0.6 is 0 Å². The van der Waals surface area contributed by atoms with Crippen LogP contribution in [0.1, 0.15) is 76.2 Å². The molecule has 3 rings (SSSR count). The summed E-state index contributed by atoms with van der Waals surface area (Å²) < 4.78 is 34.5. The second-order valence-electron chi connectivity index (χ2n) is 7.76. The first-order chi connectivity index (χ1) is 13.7. The van der Waals surface area contributed by atoms with Crippen molar-refractivity contribution in [2.45, 2.75) is 70.6 Å². The molecule has 28 heavy (non-hydrogen) atoms. The van der Waals surface area contributed by atoms with E-state index in [-0.39, 0.29) is 11.3 Å². The Kier molecular flexibility index (Phi) is 7.88. The minimum atomic E-state index is -0.891. The molecule has 1 radical (unpaired) electrons. The van der Waals surface area contributed by atoms with E-state index in [1.807, 2.05) is 12.1 Å². The molecule has 0 amide bonds. The molecule has 2 aromatic carbocycles. The molecule has 0 saturated heterocycles. The van der Waals surface area contributed by atoms with Crippen LogP contribution in [0.5, 0.6) is 5.75 Å². The van der Waals surface area contributed by atoms with Gasteiger partial charge in [0.2, 0.25) is 5.82 Å². The summed E-state index contributed by atoms with van der Waals surface area (Å²) in [5.41, 5.74) is 2.28. The summed E-state index contributed by atoms with van der Waals surface area (Å²) >= 11 is 0. The summed E-state index contributed by atoms with van der Waals surface area (Å²) in [4.78, 5) is 0. The largest absolute Gasteiger partial charge is 0.490 e. The van der Waals surface area contributed by atoms with Gasteiger partial charge in [0.1, 0.15) is 0 Å². The topological polar surface area (TPSA) is 9.23 Å². The Morgan fingerprint density at radius 2 is 1.57 bits per heavy atom. The Labute approximate surface area is 168 Å². The van der Waals surface area contributed by atoms with E-state index in [4.69, 9.17) is 4.74 Å². The van der Waals surface area contributed by atoms with Crippen LogP contribution in [0.4, 0.5) is 8.78 Å². The quantitative estimate of drug-likeness (QED) is 0.399. The summed E-state index contributed by atoms with van der Waals surface area (Å²) in [5, 5.41) is 0. The van der Waals surface area contributed by atoms with E-state index < -0.39 is 11.6 Å². The average molecular weight is 386 g/mol. The summed E-state index contributed by atoms with van der Waals surface area (Å²) in [6.07, 6.45) is 12.5. The molecule has 2 aromatic rings. The number of hydrogen-bond acceptors (Lipinski definition) is 1. The fraction of sp³-hybridized carbons (Fsp3) is 0.480. The predicted molar refractivity (Wildman–Crippen MR) is 112 cm³/mol. The van der Waals surface area contributed by atoms with Crippen molar-refractivity contribution in [2.24, 2.45) is 0 Å². The molecule has 0 aliphatic heterocycles. The maximum atomic E-state index is 14.6. The Morgan fingerprint density at radius 1 is 0.857 bits per heavy atom. The van der Waals surface area contributed by atoms with Crippen molar-refractivity contribution >= 4 is 0 Å². The van der Waals surface area contributed by atoms with Crippen molar-refractivity contribution in [1.82, 2.24) is 0 Å². The van der Waals surface area contributed by atoms with Crippen LogP contribution in [0.25, 0.3) is 11.1 Å². The molecule has 0 N–H and O–H groups in total. The van der Waals surface area contributed by atoms with Gasteiger partial charge in [-0.25, -0.2) is 4.39 Å². The standard InChI is InChI=1S/C25H31F2O/c1-2-3-4-5-9-18-28-23-17-16-22(24(26)25(23)27)21-14-12-20(13-15-21)19-10-7-6-8-11-19/h6,12-17,19H,2-5,7-11,18H2,1H3. The molecule has 1 saturated carbocycles. The summed E-state index contributed by atoms with van der Waals surface area (Å²) in [5.74, 6) is -1.14. The SMILES string of the molecule is CCCCCCCOc1ccc(-c2ccc(C3CC[CH]CC3)cc2)c(F)c1F. The van der Waals surface area contributed by atoms with Gasteiger partial charge in [-0.1, -0.05) is 56.9 Å². The van der Waals surface area contributed by atoms with E-state index >= 15 is 0 Å². The number of hydrogen-bond donors (Lipinski definition) is 0. The summed E-state index contributed by atoms with van der Waals surface area (Å²) in [7, 11) is 0. The fourth-order valence-corrected chi connectivity index (χ4v) is 3.95. The molecule has 0 heterocycles. The van der Waals surface area contributed by atoms with Crippen molar-refractivity contribution in [3.8, 4) is 16.9 Å². The highest BCUT2D eigenvalue weighted by atomic mass is 19.2.